The number of benzene rings is 1. The summed E-state index contributed by atoms with van der Waals surface area (Å²) in [7, 11) is 1.12. The van der Waals surface area contributed by atoms with Crippen molar-refractivity contribution in [1.29, 1.82) is 0 Å². The predicted molar refractivity (Wildman–Crippen MR) is 50.4 cm³/mol. The first-order chi connectivity index (χ1) is 6.97. The molecule has 1 rings (SSSR count). The van der Waals surface area contributed by atoms with Crippen LogP contribution < -0.4 is 0 Å². The van der Waals surface area contributed by atoms with E-state index in [2.05, 4.69) is 20.7 Å². The molecule has 0 fully saturated rings. The van der Waals surface area contributed by atoms with Crippen LogP contribution in [-0.2, 0) is 4.74 Å². The number of carbonyl (C=O) groups is 1. The highest BCUT2D eigenvalue weighted by Crippen LogP contribution is 2.28. The smallest absolute Gasteiger partial charge is 0.339 e. The first kappa shape index (κ1) is 12.0. The summed E-state index contributed by atoms with van der Waals surface area (Å²) in [6.45, 7) is 0. The zero-order valence-corrected chi connectivity index (χ0v) is 9.15. The molecule has 0 amide bonds. The SMILES string of the molecule is COC(=O)c1cc(F)c(C(F)F)cc1Br. The number of methoxy groups -OCH3 is 1. The maximum Gasteiger partial charge on any atom is 0.339 e. The van der Waals surface area contributed by atoms with Crippen LogP contribution in [0.15, 0.2) is 16.6 Å². The van der Waals surface area contributed by atoms with Crippen LogP contribution in [-0.4, -0.2) is 13.1 Å². The van der Waals surface area contributed by atoms with Gasteiger partial charge < -0.3 is 4.74 Å². The van der Waals surface area contributed by atoms with Crippen molar-refractivity contribution in [2.75, 3.05) is 7.11 Å². The minimum Gasteiger partial charge on any atom is -0.465 e. The lowest BCUT2D eigenvalue weighted by Gasteiger charge is -2.06. The Morgan fingerprint density at radius 3 is 2.53 bits per heavy atom. The first-order valence-corrected chi connectivity index (χ1v) is 4.62. The lowest BCUT2D eigenvalue weighted by molar-refractivity contribution is 0.0598. The number of hydrogen-bond donors (Lipinski definition) is 0. The molecule has 0 heterocycles. The molecule has 0 radical (unpaired) electrons. The van der Waals surface area contributed by atoms with Gasteiger partial charge in [0.25, 0.3) is 6.43 Å². The Labute approximate surface area is 92.2 Å². The number of rotatable bonds is 2. The molecule has 0 N–H and O–H groups in total. The van der Waals surface area contributed by atoms with Crippen LogP contribution in [0.2, 0.25) is 0 Å². The summed E-state index contributed by atoms with van der Waals surface area (Å²) in [5, 5.41) is 0. The molecule has 0 saturated carbocycles. The Hall–Kier alpha value is -1.04. The van der Waals surface area contributed by atoms with E-state index < -0.39 is 23.8 Å². The van der Waals surface area contributed by atoms with Gasteiger partial charge in [-0.15, -0.1) is 0 Å². The zero-order valence-electron chi connectivity index (χ0n) is 7.56. The second-order valence-corrected chi connectivity index (χ2v) is 3.50. The van der Waals surface area contributed by atoms with Crippen molar-refractivity contribution in [3.8, 4) is 0 Å². The largest absolute Gasteiger partial charge is 0.465 e. The molecule has 2 nitrogen and oxygen atoms in total. The molecule has 0 aliphatic heterocycles. The predicted octanol–water partition coefficient (Wildman–Crippen LogP) is 3.31. The molecule has 1 aromatic rings. The van der Waals surface area contributed by atoms with Gasteiger partial charge in [-0.3, -0.25) is 0 Å². The summed E-state index contributed by atoms with van der Waals surface area (Å²) in [6, 6.07) is 1.59. The number of hydrogen-bond acceptors (Lipinski definition) is 2. The maximum absolute atomic E-state index is 13.1. The van der Waals surface area contributed by atoms with Gasteiger partial charge in [-0.1, -0.05) is 0 Å². The van der Waals surface area contributed by atoms with Gasteiger partial charge in [0.15, 0.2) is 0 Å². The molecule has 1 aromatic carbocycles. The normalized spacial score (nSPS) is 10.5. The Balaban J connectivity index is 3.25. The van der Waals surface area contributed by atoms with Crippen LogP contribution in [0.1, 0.15) is 22.3 Å². The van der Waals surface area contributed by atoms with E-state index in [9.17, 15) is 18.0 Å². The highest BCUT2D eigenvalue weighted by molar-refractivity contribution is 9.10. The third-order valence-corrected chi connectivity index (χ3v) is 2.38. The molecule has 15 heavy (non-hydrogen) atoms. The summed E-state index contributed by atoms with van der Waals surface area (Å²) in [5.41, 5.74) is -0.881. The van der Waals surface area contributed by atoms with E-state index >= 15 is 0 Å². The van der Waals surface area contributed by atoms with E-state index in [4.69, 9.17) is 0 Å². The van der Waals surface area contributed by atoms with Crippen molar-refractivity contribution < 1.29 is 22.7 Å². The molecule has 0 aromatic heterocycles. The van der Waals surface area contributed by atoms with Crippen molar-refractivity contribution in [2.45, 2.75) is 6.43 Å². The molecule has 0 saturated heterocycles. The standard InChI is InChI=1S/C9H6BrF3O2/c1-15-9(14)4-3-7(11)5(8(12)13)2-6(4)10/h2-3,8H,1H3. The van der Waals surface area contributed by atoms with E-state index in [0.717, 1.165) is 19.2 Å². The Kier molecular flexibility index (Phi) is 3.73. The zero-order chi connectivity index (χ0) is 11.6. The van der Waals surface area contributed by atoms with Gasteiger partial charge >= 0.3 is 5.97 Å². The number of esters is 1. The summed E-state index contributed by atoms with van der Waals surface area (Å²) >= 11 is 2.89. The lowest BCUT2D eigenvalue weighted by atomic mass is 10.1. The van der Waals surface area contributed by atoms with Crippen LogP contribution in [0.5, 0.6) is 0 Å². The quantitative estimate of drug-likeness (QED) is 0.778. The van der Waals surface area contributed by atoms with Gasteiger partial charge in [0, 0.05) is 4.47 Å². The molecule has 0 spiro atoms. The Bertz CT molecular complexity index is 393. The molecule has 0 unspecified atom stereocenters. The van der Waals surface area contributed by atoms with Gasteiger partial charge in [-0.25, -0.2) is 18.0 Å². The van der Waals surface area contributed by atoms with Crippen molar-refractivity contribution in [3.63, 3.8) is 0 Å². The minimum absolute atomic E-state index is 0.0750. The molecule has 0 aliphatic carbocycles. The molecule has 0 bridgehead atoms. The topological polar surface area (TPSA) is 26.3 Å². The van der Waals surface area contributed by atoms with Crippen molar-refractivity contribution in [1.82, 2.24) is 0 Å². The van der Waals surface area contributed by atoms with Gasteiger partial charge in [0.05, 0.1) is 18.2 Å². The fraction of sp³-hybridized carbons (Fsp3) is 0.222. The summed E-state index contributed by atoms with van der Waals surface area (Å²) in [4.78, 5) is 11.1. The van der Waals surface area contributed by atoms with Gasteiger partial charge in [0.1, 0.15) is 5.82 Å². The van der Waals surface area contributed by atoms with Gasteiger partial charge in [-0.2, -0.15) is 0 Å². The Morgan fingerprint density at radius 1 is 1.47 bits per heavy atom. The number of carbonyl (C=O) groups excluding carboxylic acids is 1. The summed E-state index contributed by atoms with van der Waals surface area (Å²) in [6.07, 6.45) is -2.92. The number of ether oxygens (including phenoxy) is 1. The molecule has 0 aliphatic rings. The first-order valence-electron chi connectivity index (χ1n) is 3.82. The van der Waals surface area contributed by atoms with Crippen LogP contribution in [0.3, 0.4) is 0 Å². The third kappa shape index (κ3) is 2.50. The van der Waals surface area contributed by atoms with E-state index in [1.165, 1.54) is 0 Å². The summed E-state index contributed by atoms with van der Waals surface area (Å²) in [5.74, 6) is -1.92. The summed E-state index contributed by atoms with van der Waals surface area (Å²) < 4.78 is 42.0. The Morgan fingerprint density at radius 2 is 2.07 bits per heavy atom. The van der Waals surface area contributed by atoms with Crippen molar-refractivity contribution in [2.24, 2.45) is 0 Å². The van der Waals surface area contributed by atoms with Crippen LogP contribution >= 0.6 is 15.9 Å². The van der Waals surface area contributed by atoms with E-state index in [-0.39, 0.29) is 10.0 Å². The van der Waals surface area contributed by atoms with Gasteiger partial charge in [-0.05, 0) is 28.1 Å². The molecule has 6 heteroatoms. The highest BCUT2D eigenvalue weighted by Gasteiger charge is 2.19. The van der Waals surface area contributed by atoms with Crippen molar-refractivity contribution in [3.05, 3.63) is 33.5 Å². The maximum atomic E-state index is 13.1. The minimum atomic E-state index is -2.92. The van der Waals surface area contributed by atoms with Crippen LogP contribution in [0.25, 0.3) is 0 Å². The fourth-order valence-electron chi connectivity index (χ4n) is 0.996. The average molecular weight is 283 g/mol. The molecule has 0 atom stereocenters. The second-order valence-electron chi connectivity index (χ2n) is 2.65. The van der Waals surface area contributed by atoms with E-state index in [1.54, 1.807) is 0 Å². The second kappa shape index (κ2) is 4.65. The van der Waals surface area contributed by atoms with Crippen LogP contribution in [0.4, 0.5) is 13.2 Å². The van der Waals surface area contributed by atoms with E-state index in [0.29, 0.717) is 0 Å². The highest BCUT2D eigenvalue weighted by atomic mass is 79.9. The monoisotopic (exact) mass is 282 g/mol. The number of alkyl halides is 2. The lowest BCUT2D eigenvalue weighted by Crippen LogP contribution is -2.04. The van der Waals surface area contributed by atoms with E-state index in [1.807, 2.05) is 0 Å². The van der Waals surface area contributed by atoms with Gasteiger partial charge in [0.2, 0.25) is 0 Å². The molecule has 82 valence electrons. The fourth-order valence-corrected chi connectivity index (χ4v) is 1.52. The van der Waals surface area contributed by atoms with Crippen molar-refractivity contribution >= 4 is 21.9 Å². The average Bonchev–Trinajstić information content (AvgIpc) is 2.19. The molecular formula is C9H6BrF3O2. The van der Waals surface area contributed by atoms with Crippen LogP contribution in [0, 0.1) is 5.82 Å². The number of halogens is 4. The molecular weight excluding hydrogens is 277 g/mol. The third-order valence-electron chi connectivity index (χ3n) is 1.73.